The molecule has 1 aromatic heterocycles. The Morgan fingerprint density at radius 3 is 3.10 bits per heavy atom. The minimum absolute atomic E-state index is 0.0608. The Balaban J connectivity index is 1.59. The van der Waals surface area contributed by atoms with Crippen molar-refractivity contribution in [2.45, 2.75) is 18.9 Å². The molecule has 20 heavy (non-hydrogen) atoms. The zero-order valence-electron chi connectivity index (χ0n) is 11.3. The van der Waals surface area contributed by atoms with Gasteiger partial charge in [0.25, 0.3) is 0 Å². The summed E-state index contributed by atoms with van der Waals surface area (Å²) in [6.07, 6.45) is 7.58. The third-order valence-electron chi connectivity index (χ3n) is 3.85. The first kappa shape index (κ1) is 13.5. The molecule has 7 heteroatoms. The fraction of sp³-hybridized carbons (Fsp3) is 0.615. The van der Waals surface area contributed by atoms with Gasteiger partial charge in [0, 0.05) is 25.5 Å². The van der Waals surface area contributed by atoms with Crippen molar-refractivity contribution in [2.24, 2.45) is 0 Å². The van der Waals surface area contributed by atoms with Crippen molar-refractivity contribution in [3.8, 4) is 0 Å². The molecule has 1 atom stereocenters. The molecule has 3 rings (SSSR count). The topological polar surface area (TPSA) is 58.4 Å². The number of hydrogen-bond donors (Lipinski definition) is 0. The summed E-state index contributed by atoms with van der Waals surface area (Å²) < 4.78 is 2.07. The minimum Gasteiger partial charge on any atom is -0.339 e. The Hall–Kier alpha value is -1.50. The van der Waals surface area contributed by atoms with E-state index in [1.54, 1.807) is 29.2 Å². The molecule has 2 aliphatic rings. The van der Waals surface area contributed by atoms with E-state index < -0.39 is 0 Å². The first-order chi connectivity index (χ1) is 9.74. The molecule has 2 fully saturated rings. The largest absolute Gasteiger partial charge is 0.339 e. The number of thioether (sulfide) groups is 1. The number of hydrogen-bond acceptors (Lipinski definition) is 4. The van der Waals surface area contributed by atoms with Crippen LogP contribution in [0.2, 0.25) is 0 Å². The van der Waals surface area contributed by atoms with Crippen LogP contribution in [-0.2, 0) is 9.59 Å². The van der Waals surface area contributed by atoms with Gasteiger partial charge in [-0.3, -0.25) is 9.59 Å². The standard InChI is InChI=1S/C13H18N4O2S/c18-12(7-17-10-20-8-13(17)19)15-4-1-2-11(6-15)16-5-3-14-9-16/h3,5,9,11H,1-2,4,6-8,10H2/t11-/m1/s1. The monoisotopic (exact) mass is 294 g/mol. The molecule has 2 saturated heterocycles. The lowest BCUT2D eigenvalue weighted by Crippen LogP contribution is -2.45. The third kappa shape index (κ3) is 2.82. The van der Waals surface area contributed by atoms with Crippen molar-refractivity contribution in [1.29, 1.82) is 0 Å². The van der Waals surface area contributed by atoms with Crippen molar-refractivity contribution in [2.75, 3.05) is 31.3 Å². The van der Waals surface area contributed by atoms with Crippen molar-refractivity contribution < 1.29 is 9.59 Å². The quantitative estimate of drug-likeness (QED) is 0.818. The second-order valence-electron chi connectivity index (χ2n) is 5.21. The van der Waals surface area contributed by atoms with E-state index in [9.17, 15) is 9.59 Å². The maximum Gasteiger partial charge on any atom is 0.242 e. The van der Waals surface area contributed by atoms with E-state index in [-0.39, 0.29) is 18.4 Å². The SMILES string of the molecule is O=C1CSCN1CC(=O)N1CCC[C@@H](n2ccnc2)C1. The Morgan fingerprint density at radius 2 is 2.40 bits per heavy atom. The van der Waals surface area contributed by atoms with E-state index in [4.69, 9.17) is 0 Å². The van der Waals surface area contributed by atoms with E-state index in [0.717, 1.165) is 19.4 Å². The summed E-state index contributed by atoms with van der Waals surface area (Å²) in [6, 6.07) is 0.304. The van der Waals surface area contributed by atoms with Crippen LogP contribution in [0.15, 0.2) is 18.7 Å². The lowest BCUT2D eigenvalue weighted by atomic mass is 10.1. The molecule has 0 unspecified atom stereocenters. The fourth-order valence-electron chi connectivity index (χ4n) is 2.71. The molecule has 0 N–H and O–H groups in total. The maximum absolute atomic E-state index is 12.3. The van der Waals surface area contributed by atoms with Crippen LogP contribution in [0.1, 0.15) is 18.9 Å². The summed E-state index contributed by atoms with van der Waals surface area (Å²) in [6.45, 7) is 1.73. The average Bonchev–Trinajstić information content (AvgIpc) is 3.12. The number of amides is 2. The Labute approximate surface area is 122 Å². The number of likely N-dealkylation sites (tertiary alicyclic amines) is 1. The van der Waals surface area contributed by atoms with E-state index in [2.05, 4.69) is 9.55 Å². The summed E-state index contributed by atoms with van der Waals surface area (Å²) in [5.74, 6) is 1.28. The molecule has 0 saturated carbocycles. The van der Waals surface area contributed by atoms with E-state index in [0.29, 0.717) is 24.2 Å². The lowest BCUT2D eigenvalue weighted by molar-refractivity contribution is -0.139. The molecule has 0 aliphatic carbocycles. The number of carbonyl (C=O) groups is 2. The van der Waals surface area contributed by atoms with Gasteiger partial charge in [-0.1, -0.05) is 0 Å². The molecule has 3 heterocycles. The van der Waals surface area contributed by atoms with Crippen molar-refractivity contribution in [1.82, 2.24) is 19.4 Å². The Kier molecular flexibility index (Phi) is 3.95. The van der Waals surface area contributed by atoms with Crippen molar-refractivity contribution >= 4 is 23.6 Å². The Morgan fingerprint density at radius 1 is 1.50 bits per heavy atom. The zero-order chi connectivity index (χ0) is 13.9. The number of rotatable bonds is 3. The van der Waals surface area contributed by atoms with Crippen LogP contribution in [0.4, 0.5) is 0 Å². The van der Waals surface area contributed by atoms with Gasteiger partial charge < -0.3 is 14.4 Å². The second-order valence-corrected chi connectivity index (χ2v) is 6.17. The summed E-state index contributed by atoms with van der Waals surface area (Å²) >= 11 is 1.57. The molecular weight excluding hydrogens is 276 g/mol. The van der Waals surface area contributed by atoms with Crippen LogP contribution in [0.5, 0.6) is 0 Å². The first-order valence-electron chi connectivity index (χ1n) is 6.85. The molecule has 2 amide bonds. The van der Waals surface area contributed by atoms with Gasteiger partial charge in [0.1, 0.15) is 6.54 Å². The minimum atomic E-state index is 0.0608. The van der Waals surface area contributed by atoms with E-state index in [1.165, 1.54) is 0 Å². The number of nitrogens with zero attached hydrogens (tertiary/aromatic N) is 4. The predicted octanol–water partition coefficient (Wildman–Crippen LogP) is 0.579. The molecule has 1 aromatic rings. The Bertz CT molecular complexity index is 491. The summed E-state index contributed by atoms with van der Waals surface area (Å²) in [7, 11) is 0. The smallest absolute Gasteiger partial charge is 0.242 e. The summed E-state index contributed by atoms with van der Waals surface area (Å²) in [5.41, 5.74) is 0. The van der Waals surface area contributed by atoms with Gasteiger partial charge in [0.2, 0.25) is 11.8 Å². The molecule has 2 aliphatic heterocycles. The summed E-state index contributed by atoms with van der Waals surface area (Å²) in [5, 5.41) is 0. The third-order valence-corrected chi connectivity index (χ3v) is 4.79. The number of piperidine rings is 1. The highest BCUT2D eigenvalue weighted by Gasteiger charge is 2.28. The molecule has 0 bridgehead atoms. The van der Waals surface area contributed by atoms with Gasteiger partial charge in [-0.2, -0.15) is 0 Å². The highest BCUT2D eigenvalue weighted by atomic mass is 32.2. The van der Waals surface area contributed by atoms with Gasteiger partial charge in [0.05, 0.1) is 24.0 Å². The normalized spacial score (nSPS) is 23.4. The van der Waals surface area contributed by atoms with Crippen LogP contribution >= 0.6 is 11.8 Å². The highest BCUT2D eigenvalue weighted by molar-refractivity contribution is 8.00. The van der Waals surface area contributed by atoms with Crippen LogP contribution in [0.3, 0.4) is 0 Å². The molecule has 0 aromatic carbocycles. The molecule has 6 nitrogen and oxygen atoms in total. The van der Waals surface area contributed by atoms with Crippen molar-refractivity contribution in [3.63, 3.8) is 0 Å². The van der Waals surface area contributed by atoms with Crippen LogP contribution < -0.4 is 0 Å². The van der Waals surface area contributed by atoms with Crippen LogP contribution in [0.25, 0.3) is 0 Å². The summed E-state index contributed by atoms with van der Waals surface area (Å²) in [4.78, 5) is 31.5. The van der Waals surface area contributed by atoms with Gasteiger partial charge in [-0.25, -0.2) is 4.98 Å². The number of aromatic nitrogens is 2. The van der Waals surface area contributed by atoms with Crippen LogP contribution in [0, 0.1) is 0 Å². The average molecular weight is 294 g/mol. The van der Waals surface area contributed by atoms with Gasteiger partial charge in [0.15, 0.2) is 0 Å². The van der Waals surface area contributed by atoms with E-state index in [1.807, 2.05) is 11.1 Å². The van der Waals surface area contributed by atoms with Gasteiger partial charge in [-0.15, -0.1) is 11.8 Å². The fourth-order valence-corrected chi connectivity index (χ4v) is 3.62. The predicted molar refractivity (Wildman–Crippen MR) is 76.1 cm³/mol. The lowest BCUT2D eigenvalue weighted by Gasteiger charge is -2.34. The van der Waals surface area contributed by atoms with Crippen molar-refractivity contribution in [3.05, 3.63) is 18.7 Å². The van der Waals surface area contributed by atoms with E-state index >= 15 is 0 Å². The van der Waals surface area contributed by atoms with Gasteiger partial charge >= 0.3 is 0 Å². The number of carbonyl (C=O) groups excluding carboxylic acids is 2. The number of imidazole rings is 1. The van der Waals surface area contributed by atoms with Gasteiger partial charge in [-0.05, 0) is 12.8 Å². The molecule has 0 radical (unpaired) electrons. The molecule has 0 spiro atoms. The van der Waals surface area contributed by atoms with Crippen LogP contribution in [-0.4, -0.2) is 62.4 Å². The highest BCUT2D eigenvalue weighted by Crippen LogP contribution is 2.22. The maximum atomic E-state index is 12.3. The zero-order valence-corrected chi connectivity index (χ0v) is 12.1. The second kappa shape index (κ2) is 5.87. The first-order valence-corrected chi connectivity index (χ1v) is 8.00. The molecular formula is C13H18N4O2S. The molecule has 108 valence electrons.